The van der Waals surface area contributed by atoms with Gasteiger partial charge in [-0.05, 0) is 0 Å². The molecular weight excluding hydrogens is 166 g/mol. The van der Waals surface area contributed by atoms with Crippen molar-refractivity contribution in [1.82, 2.24) is 0 Å². The van der Waals surface area contributed by atoms with Gasteiger partial charge in [0.2, 0.25) is 5.91 Å². The Hall–Kier alpha value is -0.690. The summed E-state index contributed by atoms with van der Waals surface area (Å²) in [5.74, 6) is -0.902. The van der Waals surface area contributed by atoms with E-state index in [4.69, 9.17) is 21.1 Å². The number of hydrogen-bond donors (Lipinski definition) is 4. The Kier molecular flexibility index (Phi) is 2.63. The number of carbonyl (C=O) groups excluding carboxylic acids is 1. The molecule has 0 aromatic carbocycles. The van der Waals surface area contributed by atoms with Gasteiger partial charge in [-0.2, -0.15) is 0 Å². The number of rotatable bonds is 1. The lowest BCUT2D eigenvalue weighted by Gasteiger charge is -2.32. The summed E-state index contributed by atoms with van der Waals surface area (Å²) in [7, 11) is 0. The fourth-order valence-electron chi connectivity index (χ4n) is 1.09. The molecule has 4 unspecified atom stereocenters. The molecule has 1 rings (SSSR count). The van der Waals surface area contributed by atoms with Crippen LogP contribution >= 0.6 is 0 Å². The Morgan fingerprint density at radius 1 is 1.42 bits per heavy atom. The van der Waals surface area contributed by atoms with E-state index >= 15 is 0 Å². The van der Waals surface area contributed by atoms with Crippen molar-refractivity contribution in [2.75, 3.05) is 0 Å². The van der Waals surface area contributed by atoms with E-state index in [0.29, 0.717) is 0 Å². The number of amides is 1. The normalized spacial score (nSPS) is 42.6. The van der Waals surface area contributed by atoms with E-state index in [1.165, 1.54) is 0 Å². The lowest BCUT2D eigenvalue weighted by atomic mass is 10.0. The third kappa shape index (κ3) is 1.72. The number of nitrogens with two attached hydrogens (primary N) is 1. The quantitative estimate of drug-likeness (QED) is 0.348. The highest BCUT2D eigenvalue weighted by Gasteiger charge is 2.39. The minimum atomic E-state index is -1.36. The first-order chi connectivity index (χ1) is 5.52. The number of aliphatic hydroxyl groups excluding tert-OH is 3. The van der Waals surface area contributed by atoms with Gasteiger partial charge in [0.15, 0.2) is 12.4 Å². The summed E-state index contributed by atoms with van der Waals surface area (Å²) in [6, 6.07) is 0. The molecule has 5 N–H and O–H groups in total. The van der Waals surface area contributed by atoms with Gasteiger partial charge in [0.1, 0.15) is 6.10 Å². The van der Waals surface area contributed by atoms with Crippen LogP contribution in [0.2, 0.25) is 0 Å². The molecule has 0 spiro atoms. The van der Waals surface area contributed by atoms with Crippen LogP contribution in [-0.4, -0.2) is 45.8 Å². The molecule has 0 radical (unpaired) electrons. The molecule has 4 atom stereocenters. The molecular formula is C6H11NO5. The lowest BCUT2D eigenvalue weighted by Crippen LogP contribution is -2.53. The molecule has 70 valence electrons. The van der Waals surface area contributed by atoms with Gasteiger partial charge in [-0.25, -0.2) is 0 Å². The van der Waals surface area contributed by atoms with Gasteiger partial charge in [-0.3, -0.25) is 4.79 Å². The Morgan fingerprint density at radius 2 is 2.00 bits per heavy atom. The zero-order valence-electron chi connectivity index (χ0n) is 6.25. The SMILES string of the molecule is NC(=O)C1OC(O)CC(O)C1O. The van der Waals surface area contributed by atoms with E-state index in [0.717, 1.165) is 0 Å². The molecule has 1 aliphatic heterocycles. The van der Waals surface area contributed by atoms with Crippen molar-refractivity contribution >= 4 is 5.91 Å². The largest absolute Gasteiger partial charge is 0.390 e. The second kappa shape index (κ2) is 3.36. The third-order valence-corrected chi connectivity index (χ3v) is 1.73. The smallest absolute Gasteiger partial charge is 0.249 e. The fraction of sp³-hybridized carbons (Fsp3) is 0.833. The predicted octanol–water partition coefficient (Wildman–Crippen LogP) is -2.70. The topological polar surface area (TPSA) is 113 Å². The highest BCUT2D eigenvalue weighted by atomic mass is 16.6. The molecule has 0 aliphatic carbocycles. The molecule has 12 heavy (non-hydrogen) atoms. The van der Waals surface area contributed by atoms with Gasteiger partial charge >= 0.3 is 0 Å². The maximum Gasteiger partial charge on any atom is 0.249 e. The number of carbonyl (C=O) groups is 1. The molecule has 1 aliphatic rings. The molecule has 1 amide bonds. The molecule has 1 saturated heterocycles. The second-order valence-corrected chi connectivity index (χ2v) is 2.71. The van der Waals surface area contributed by atoms with Gasteiger partial charge in [-0.1, -0.05) is 0 Å². The lowest BCUT2D eigenvalue weighted by molar-refractivity contribution is -0.228. The van der Waals surface area contributed by atoms with Crippen LogP contribution in [0, 0.1) is 0 Å². The van der Waals surface area contributed by atoms with Gasteiger partial charge < -0.3 is 25.8 Å². The minimum absolute atomic E-state index is 0.120. The average molecular weight is 177 g/mol. The number of primary amides is 1. The first-order valence-corrected chi connectivity index (χ1v) is 3.51. The molecule has 0 aromatic rings. The van der Waals surface area contributed by atoms with E-state index in [1.54, 1.807) is 0 Å². The summed E-state index contributed by atoms with van der Waals surface area (Å²) in [6.07, 6.45) is -5.23. The predicted molar refractivity (Wildman–Crippen MR) is 36.7 cm³/mol. The first-order valence-electron chi connectivity index (χ1n) is 3.51. The summed E-state index contributed by atoms with van der Waals surface area (Å²) in [5.41, 5.74) is 4.84. The van der Waals surface area contributed by atoms with E-state index in [1.807, 2.05) is 0 Å². The zero-order valence-corrected chi connectivity index (χ0v) is 6.25. The molecule has 1 heterocycles. The number of aliphatic hydroxyl groups is 3. The van der Waals surface area contributed by atoms with Crippen molar-refractivity contribution in [3.8, 4) is 0 Å². The van der Waals surface area contributed by atoms with Crippen LogP contribution in [0.1, 0.15) is 6.42 Å². The van der Waals surface area contributed by atoms with Crippen molar-refractivity contribution < 1.29 is 24.9 Å². The van der Waals surface area contributed by atoms with Crippen LogP contribution in [-0.2, 0) is 9.53 Å². The number of hydrogen-bond acceptors (Lipinski definition) is 5. The Bertz CT molecular complexity index is 185. The van der Waals surface area contributed by atoms with Gasteiger partial charge in [-0.15, -0.1) is 0 Å². The minimum Gasteiger partial charge on any atom is -0.390 e. The van der Waals surface area contributed by atoms with Crippen LogP contribution in [0.5, 0.6) is 0 Å². The van der Waals surface area contributed by atoms with Crippen LogP contribution in [0.4, 0.5) is 0 Å². The van der Waals surface area contributed by atoms with E-state index in [-0.39, 0.29) is 6.42 Å². The molecule has 6 nitrogen and oxygen atoms in total. The summed E-state index contributed by atoms with van der Waals surface area (Å²) in [6.45, 7) is 0. The fourth-order valence-corrected chi connectivity index (χ4v) is 1.09. The average Bonchev–Trinajstić information content (AvgIpc) is 1.96. The van der Waals surface area contributed by atoms with E-state index in [2.05, 4.69) is 4.74 Å². The summed E-state index contributed by atoms with van der Waals surface area (Å²) >= 11 is 0. The molecule has 0 saturated carbocycles. The van der Waals surface area contributed by atoms with Crippen molar-refractivity contribution in [3.63, 3.8) is 0 Å². The number of ether oxygens (including phenoxy) is 1. The molecule has 0 aromatic heterocycles. The van der Waals surface area contributed by atoms with Crippen molar-refractivity contribution in [1.29, 1.82) is 0 Å². The van der Waals surface area contributed by atoms with Gasteiger partial charge in [0.05, 0.1) is 6.10 Å². The van der Waals surface area contributed by atoms with Crippen LogP contribution in [0.3, 0.4) is 0 Å². The monoisotopic (exact) mass is 177 g/mol. The zero-order chi connectivity index (χ0) is 9.30. The Labute approximate surface area is 68.6 Å². The van der Waals surface area contributed by atoms with Gasteiger partial charge in [0.25, 0.3) is 0 Å². The molecule has 6 heteroatoms. The molecule has 1 fully saturated rings. The highest BCUT2D eigenvalue weighted by Crippen LogP contribution is 2.18. The maximum atomic E-state index is 10.6. The van der Waals surface area contributed by atoms with Crippen LogP contribution < -0.4 is 5.73 Å². The molecule has 0 bridgehead atoms. The summed E-state index contributed by atoms with van der Waals surface area (Å²) in [5, 5.41) is 27.1. The maximum absolute atomic E-state index is 10.6. The summed E-state index contributed by atoms with van der Waals surface area (Å²) < 4.78 is 4.60. The highest BCUT2D eigenvalue weighted by molar-refractivity contribution is 5.79. The summed E-state index contributed by atoms with van der Waals surface area (Å²) in [4.78, 5) is 10.6. The van der Waals surface area contributed by atoms with Crippen LogP contribution in [0.15, 0.2) is 0 Å². The Morgan fingerprint density at radius 3 is 2.50 bits per heavy atom. The third-order valence-electron chi connectivity index (χ3n) is 1.73. The van der Waals surface area contributed by atoms with E-state index in [9.17, 15) is 4.79 Å². The Balaban J connectivity index is 2.66. The van der Waals surface area contributed by atoms with Crippen molar-refractivity contribution in [3.05, 3.63) is 0 Å². The van der Waals surface area contributed by atoms with Crippen molar-refractivity contribution in [2.24, 2.45) is 5.73 Å². The second-order valence-electron chi connectivity index (χ2n) is 2.71. The van der Waals surface area contributed by atoms with Crippen LogP contribution in [0.25, 0.3) is 0 Å². The van der Waals surface area contributed by atoms with Gasteiger partial charge in [0, 0.05) is 6.42 Å². The van der Waals surface area contributed by atoms with E-state index < -0.39 is 30.5 Å². The van der Waals surface area contributed by atoms with Crippen molar-refractivity contribution in [2.45, 2.75) is 31.0 Å². The standard InChI is InChI=1S/C6H11NO5/c7-6(11)5-4(10)2(8)1-3(9)12-5/h2-5,8-10H,1H2,(H2,7,11). The first kappa shape index (κ1) is 9.40.